The molecule has 2 unspecified atom stereocenters. The zero-order valence-corrected chi connectivity index (χ0v) is 10.6. The maximum absolute atomic E-state index is 13.4. The minimum Gasteiger partial charge on any atom is -0.481 e. The molecule has 2 N–H and O–H groups in total. The van der Waals surface area contributed by atoms with Gasteiger partial charge in [-0.25, -0.2) is 4.39 Å². The molecule has 2 rings (SSSR count). The molecule has 0 spiro atoms. The average molecular weight is 265 g/mol. The highest BCUT2D eigenvalue weighted by molar-refractivity contribution is 5.94. The van der Waals surface area contributed by atoms with Crippen molar-refractivity contribution in [2.45, 2.75) is 32.2 Å². The monoisotopic (exact) mass is 265 g/mol. The van der Waals surface area contributed by atoms with Gasteiger partial charge in [-0.1, -0.05) is 6.07 Å². The van der Waals surface area contributed by atoms with Crippen LogP contribution in [0.4, 0.5) is 4.39 Å². The summed E-state index contributed by atoms with van der Waals surface area (Å²) in [6.07, 6.45) is 1.66. The van der Waals surface area contributed by atoms with Crippen molar-refractivity contribution in [1.82, 2.24) is 5.32 Å². The zero-order valence-electron chi connectivity index (χ0n) is 10.6. The number of amides is 1. The number of aryl methyl sites for hydroxylation is 1. The molecule has 0 bridgehead atoms. The van der Waals surface area contributed by atoms with E-state index in [0.29, 0.717) is 24.8 Å². The molecule has 1 aliphatic carbocycles. The summed E-state index contributed by atoms with van der Waals surface area (Å²) in [7, 11) is 0. The second-order valence-electron chi connectivity index (χ2n) is 4.98. The van der Waals surface area contributed by atoms with Gasteiger partial charge in [-0.05, 0) is 43.9 Å². The summed E-state index contributed by atoms with van der Waals surface area (Å²) >= 11 is 0. The molecule has 2 atom stereocenters. The Hall–Kier alpha value is -1.91. The van der Waals surface area contributed by atoms with E-state index in [0.717, 1.165) is 0 Å². The molecule has 1 amide bonds. The Morgan fingerprint density at radius 3 is 2.68 bits per heavy atom. The van der Waals surface area contributed by atoms with E-state index in [2.05, 4.69) is 5.32 Å². The first kappa shape index (κ1) is 13.5. The number of benzene rings is 1. The lowest BCUT2D eigenvalue weighted by Gasteiger charge is -2.12. The van der Waals surface area contributed by atoms with Crippen molar-refractivity contribution in [1.29, 1.82) is 0 Å². The van der Waals surface area contributed by atoms with Crippen LogP contribution in [0.2, 0.25) is 0 Å². The van der Waals surface area contributed by atoms with Gasteiger partial charge in [-0.15, -0.1) is 0 Å². The van der Waals surface area contributed by atoms with Crippen LogP contribution < -0.4 is 5.32 Å². The molecular weight excluding hydrogens is 249 g/mol. The number of halogens is 1. The molecule has 0 radical (unpaired) electrons. The van der Waals surface area contributed by atoms with Crippen molar-refractivity contribution in [2.24, 2.45) is 5.92 Å². The zero-order chi connectivity index (χ0) is 14.0. The van der Waals surface area contributed by atoms with Gasteiger partial charge in [0, 0.05) is 11.6 Å². The third-order valence-electron chi connectivity index (χ3n) is 3.55. The number of aliphatic carboxylic acids is 1. The predicted octanol–water partition coefficient (Wildman–Crippen LogP) is 2.12. The Morgan fingerprint density at radius 1 is 1.37 bits per heavy atom. The van der Waals surface area contributed by atoms with E-state index in [1.807, 2.05) is 0 Å². The highest BCUT2D eigenvalue weighted by Gasteiger charge is 2.30. The largest absolute Gasteiger partial charge is 0.481 e. The topological polar surface area (TPSA) is 66.4 Å². The fourth-order valence-electron chi connectivity index (χ4n) is 2.34. The van der Waals surface area contributed by atoms with Crippen LogP contribution in [0.15, 0.2) is 18.2 Å². The van der Waals surface area contributed by atoms with Crippen molar-refractivity contribution >= 4 is 11.9 Å². The Labute approximate surface area is 110 Å². The number of rotatable bonds is 3. The molecule has 0 saturated heterocycles. The van der Waals surface area contributed by atoms with E-state index >= 15 is 0 Å². The normalized spacial score (nSPS) is 22.2. The van der Waals surface area contributed by atoms with Crippen LogP contribution in [0.5, 0.6) is 0 Å². The lowest BCUT2D eigenvalue weighted by molar-refractivity contribution is -0.141. The maximum atomic E-state index is 13.4. The number of hydrogen-bond donors (Lipinski definition) is 2. The number of carbonyl (C=O) groups is 2. The molecule has 1 saturated carbocycles. The SMILES string of the molecule is Cc1ccc(C(=O)NC2CCC(C(=O)O)C2)cc1F. The quantitative estimate of drug-likeness (QED) is 0.879. The van der Waals surface area contributed by atoms with Crippen LogP contribution in [0.3, 0.4) is 0 Å². The fraction of sp³-hybridized carbons (Fsp3) is 0.429. The minimum atomic E-state index is -0.821. The van der Waals surface area contributed by atoms with Crippen molar-refractivity contribution in [3.63, 3.8) is 0 Å². The average Bonchev–Trinajstić information content (AvgIpc) is 2.81. The number of hydrogen-bond acceptors (Lipinski definition) is 2. The number of carboxylic acid groups (broad SMARTS) is 1. The number of carboxylic acids is 1. The second-order valence-corrected chi connectivity index (χ2v) is 4.98. The van der Waals surface area contributed by atoms with Crippen molar-refractivity contribution < 1.29 is 19.1 Å². The minimum absolute atomic E-state index is 0.141. The first-order valence-electron chi connectivity index (χ1n) is 6.27. The van der Waals surface area contributed by atoms with E-state index < -0.39 is 11.8 Å². The summed E-state index contributed by atoms with van der Waals surface area (Å²) < 4.78 is 13.4. The summed E-state index contributed by atoms with van der Waals surface area (Å²) in [5.41, 5.74) is 0.755. The highest BCUT2D eigenvalue weighted by atomic mass is 19.1. The van der Waals surface area contributed by atoms with Crippen molar-refractivity contribution in [3.8, 4) is 0 Å². The molecule has 1 aromatic carbocycles. The molecular formula is C14H16FNO3. The molecule has 1 fully saturated rings. The van der Waals surface area contributed by atoms with Gasteiger partial charge in [0.1, 0.15) is 5.82 Å². The van der Waals surface area contributed by atoms with E-state index in [1.165, 1.54) is 6.07 Å². The molecule has 0 aromatic heterocycles. The number of carbonyl (C=O) groups excluding carboxylic acids is 1. The Morgan fingerprint density at radius 2 is 2.11 bits per heavy atom. The summed E-state index contributed by atoms with van der Waals surface area (Å²) in [6, 6.07) is 4.18. The molecule has 5 heteroatoms. The first-order valence-corrected chi connectivity index (χ1v) is 6.27. The van der Waals surface area contributed by atoms with Crippen molar-refractivity contribution in [2.75, 3.05) is 0 Å². The van der Waals surface area contributed by atoms with E-state index in [1.54, 1.807) is 19.1 Å². The van der Waals surface area contributed by atoms with Crippen LogP contribution in [0.25, 0.3) is 0 Å². The van der Waals surface area contributed by atoms with Gasteiger partial charge in [0.25, 0.3) is 5.91 Å². The van der Waals surface area contributed by atoms with Crippen LogP contribution in [-0.4, -0.2) is 23.0 Å². The summed E-state index contributed by atoms with van der Waals surface area (Å²) in [5.74, 6) is -1.98. The van der Waals surface area contributed by atoms with Crippen LogP contribution in [-0.2, 0) is 4.79 Å². The lowest BCUT2D eigenvalue weighted by Crippen LogP contribution is -2.33. The van der Waals surface area contributed by atoms with Gasteiger partial charge in [-0.2, -0.15) is 0 Å². The molecule has 1 aliphatic rings. The van der Waals surface area contributed by atoms with Crippen LogP contribution >= 0.6 is 0 Å². The summed E-state index contributed by atoms with van der Waals surface area (Å²) in [6.45, 7) is 1.63. The fourth-order valence-corrected chi connectivity index (χ4v) is 2.34. The summed E-state index contributed by atoms with van der Waals surface area (Å²) in [4.78, 5) is 22.7. The summed E-state index contributed by atoms with van der Waals surface area (Å²) in [5, 5.41) is 11.6. The van der Waals surface area contributed by atoms with E-state index in [-0.39, 0.29) is 23.4 Å². The smallest absolute Gasteiger partial charge is 0.306 e. The highest BCUT2D eigenvalue weighted by Crippen LogP contribution is 2.25. The Balaban J connectivity index is 1.98. The van der Waals surface area contributed by atoms with Gasteiger partial charge >= 0.3 is 5.97 Å². The Kier molecular flexibility index (Phi) is 3.83. The van der Waals surface area contributed by atoms with Gasteiger partial charge < -0.3 is 10.4 Å². The Bertz CT molecular complexity index is 515. The van der Waals surface area contributed by atoms with Gasteiger partial charge in [0.05, 0.1) is 5.92 Å². The second kappa shape index (κ2) is 5.38. The maximum Gasteiger partial charge on any atom is 0.306 e. The lowest BCUT2D eigenvalue weighted by atomic mass is 10.1. The first-order chi connectivity index (χ1) is 8.97. The predicted molar refractivity (Wildman–Crippen MR) is 67.4 cm³/mol. The van der Waals surface area contributed by atoms with Crippen LogP contribution in [0.1, 0.15) is 35.2 Å². The third-order valence-corrected chi connectivity index (χ3v) is 3.55. The number of nitrogens with one attached hydrogen (secondary N) is 1. The molecule has 19 heavy (non-hydrogen) atoms. The standard InChI is InChI=1S/C14H16FNO3/c1-8-2-3-9(7-12(8)15)13(17)16-11-5-4-10(6-11)14(18)19/h2-3,7,10-11H,4-6H2,1H3,(H,16,17)(H,18,19). The molecule has 1 aromatic rings. The van der Waals surface area contributed by atoms with E-state index in [9.17, 15) is 14.0 Å². The molecule has 0 aliphatic heterocycles. The van der Waals surface area contributed by atoms with E-state index in [4.69, 9.17) is 5.11 Å². The van der Waals surface area contributed by atoms with Gasteiger partial charge in [-0.3, -0.25) is 9.59 Å². The van der Waals surface area contributed by atoms with Crippen LogP contribution in [0, 0.1) is 18.7 Å². The van der Waals surface area contributed by atoms with Gasteiger partial charge in [0.15, 0.2) is 0 Å². The molecule has 0 heterocycles. The molecule has 4 nitrogen and oxygen atoms in total. The van der Waals surface area contributed by atoms with Gasteiger partial charge in [0.2, 0.25) is 0 Å². The molecule has 102 valence electrons. The van der Waals surface area contributed by atoms with Crippen molar-refractivity contribution in [3.05, 3.63) is 35.1 Å². The third kappa shape index (κ3) is 3.10.